The fourth-order valence-corrected chi connectivity index (χ4v) is 4.51. The van der Waals surface area contributed by atoms with Crippen LogP contribution in [0, 0.1) is 6.92 Å². The number of aromatic nitrogens is 3. The fourth-order valence-electron chi connectivity index (χ4n) is 3.66. The minimum absolute atomic E-state index is 0.140. The van der Waals surface area contributed by atoms with Crippen molar-refractivity contribution < 1.29 is 19.2 Å². The van der Waals surface area contributed by atoms with Crippen molar-refractivity contribution in [3.63, 3.8) is 0 Å². The Morgan fingerprint density at radius 2 is 2.00 bits per heavy atom. The summed E-state index contributed by atoms with van der Waals surface area (Å²) in [4.78, 5) is 48.0. The minimum atomic E-state index is -0.543. The number of anilines is 1. The molecule has 1 aliphatic rings. The molecule has 2 N–H and O–H groups in total. The molecule has 3 aromatic rings. The molecule has 3 amide bonds. The van der Waals surface area contributed by atoms with Gasteiger partial charge in [-0.15, -0.1) is 0 Å². The van der Waals surface area contributed by atoms with Crippen molar-refractivity contribution in [2.75, 3.05) is 18.5 Å². The third-order valence-corrected chi connectivity index (χ3v) is 6.27. The highest BCUT2D eigenvalue weighted by molar-refractivity contribution is 9.10. The summed E-state index contributed by atoms with van der Waals surface area (Å²) >= 11 is 15.8. The van der Waals surface area contributed by atoms with E-state index >= 15 is 0 Å². The zero-order valence-electron chi connectivity index (χ0n) is 19.2. The first kappa shape index (κ1) is 26.1. The van der Waals surface area contributed by atoms with Gasteiger partial charge in [0.1, 0.15) is 10.3 Å². The van der Waals surface area contributed by atoms with Gasteiger partial charge < -0.3 is 10.6 Å². The molecule has 13 heteroatoms. The first-order chi connectivity index (χ1) is 17.2. The Morgan fingerprint density at radius 1 is 1.22 bits per heavy atom. The zero-order chi connectivity index (χ0) is 26.0. The summed E-state index contributed by atoms with van der Waals surface area (Å²) in [7, 11) is 0. The number of halogens is 3. The number of carbonyl (C=O) groups excluding carboxylic acids is 3. The number of aryl methyl sites for hydroxylation is 1. The van der Waals surface area contributed by atoms with Gasteiger partial charge in [0.15, 0.2) is 5.82 Å². The predicted octanol–water partition coefficient (Wildman–Crippen LogP) is 4.18. The van der Waals surface area contributed by atoms with E-state index in [-0.39, 0.29) is 41.8 Å². The van der Waals surface area contributed by atoms with Gasteiger partial charge in [0, 0.05) is 23.7 Å². The number of nitrogens with one attached hydrogen (secondary N) is 2. The molecule has 0 spiro atoms. The lowest BCUT2D eigenvalue weighted by molar-refractivity contribution is -0.168. The van der Waals surface area contributed by atoms with Crippen LogP contribution in [0.25, 0.3) is 5.82 Å². The van der Waals surface area contributed by atoms with E-state index in [1.165, 1.54) is 28.1 Å². The largest absolute Gasteiger partial charge is 0.345 e. The summed E-state index contributed by atoms with van der Waals surface area (Å²) in [6, 6.07) is 7.50. The molecule has 188 valence electrons. The van der Waals surface area contributed by atoms with Crippen LogP contribution in [0.4, 0.5) is 5.69 Å². The molecule has 0 aliphatic carbocycles. The predicted molar refractivity (Wildman–Crippen MR) is 137 cm³/mol. The topological polar surface area (TPSA) is 118 Å². The van der Waals surface area contributed by atoms with Crippen LogP contribution in [0.5, 0.6) is 0 Å². The van der Waals surface area contributed by atoms with Gasteiger partial charge in [-0.1, -0.05) is 30.1 Å². The Bertz CT molecular complexity index is 1350. The molecule has 4 rings (SSSR count). The molecule has 1 fully saturated rings. The second-order valence-corrected chi connectivity index (χ2v) is 9.60. The normalized spacial score (nSPS) is 15.1. The number of rotatable bonds is 6. The molecule has 1 aromatic carbocycles. The van der Waals surface area contributed by atoms with Crippen molar-refractivity contribution in [2.24, 2.45) is 0 Å². The van der Waals surface area contributed by atoms with Gasteiger partial charge in [0.05, 0.1) is 35.5 Å². The van der Waals surface area contributed by atoms with Crippen LogP contribution in [0.1, 0.15) is 39.8 Å². The summed E-state index contributed by atoms with van der Waals surface area (Å²) in [5, 5.41) is 11.8. The van der Waals surface area contributed by atoms with Gasteiger partial charge in [0.2, 0.25) is 5.91 Å². The van der Waals surface area contributed by atoms with Crippen LogP contribution in [0.3, 0.4) is 0 Å². The third-order valence-electron chi connectivity index (χ3n) is 5.37. The number of hydrogen-bond acceptors (Lipinski definition) is 6. The van der Waals surface area contributed by atoms with E-state index in [2.05, 4.69) is 36.6 Å². The van der Waals surface area contributed by atoms with Crippen LogP contribution in [-0.2, 0) is 9.63 Å². The maximum atomic E-state index is 13.3. The van der Waals surface area contributed by atoms with Gasteiger partial charge in [0.25, 0.3) is 11.8 Å². The smallest absolute Gasteiger partial charge is 0.274 e. The molecular weight excluding hydrogens is 575 g/mol. The number of hydrogen-bond donors (Lipinski definition) is 2. The first-order valence-electron chi connectivity index (χ1n) is 10.9. The van der Waals surface area contributed by atoms with E-state index in [1.54, 1.807) is 32.0 Å². The van der Waals surface area contributed by atoms with E-state index in [9.17, 15) is 14.4 Å². The molecule has 1 atom stereocenters. The van der Waals surface area contributed by atoms with Crippen LogP contribution < -0.4 is 10.6 Å². The van der Waals surface area contributed by atoms with Crippen molar-refractivity contribution in [2.45, 2.75) is 26.3 Å². The molecule has 1 saturated heterocycles. The molecule has 0 saturated carbocycles. The molecule has 10 nitrogen and oxygen atoms in total. The molecule has 36 heavy (non-hydrogen) atoms. The van der Waals surface area contributed by atoms with E-state index in [1.807, 2.05) is 0 Å². The summed E-state index contributed by atoms with van der Waals surface area (Å²) in [6.07, 6.45) is 1.83. The van der Waals surface area contributed by atoms with E-state index in [0.29, 0.717) is 26.6 Å². The van der Waals surface area contributed by atoms with Gasteiger partial charge in [-0.05, 0) is 52.7 Å². The quantitative estimate of drug-likeness (QED) is 0.441. The fraction of sp³-hybridized carbons (Fsp3) is 0.261. The Balaban J connectivity index is 1.60. The maximum absolute atomic E-state index is 13.3. The lowest BCUT2D eigenvalue weighted by Crippen LogP contribution is -2.39. The highest BCUT2D eigenvalue weighted by Gasteiger charge is 2.29. The van der Waals surface area contributed by atoms with Crippen LogP contribution in [-0.4, -0.2) is 56.7 Å². The van der Waals surface area contributed by atoms with Crippen molar-refractivity contribution in [1.29, 1.82) is 0 Å². The number of pyridine rings is 1. The van der Waals surface area contributed by atoms with Crippen LogP contribution in [0.15, 0.2) is 41.1 Å². The van der Waals surface area contributed by atoms with Gasteiger partial charge >= 0.3 is 0 Å². The van der Waals surface area contributed by atoms with Crippen molar-refractivity contribution >= 4 is 62.5 Å². The van der Waals surface area contributed by atoms with Crippen molar-refractivity contribution in [3.05, 3.63) is 68.0 Å². The highest BCUT2D eigenvalue weighted by Crippen LogP contribution is 2.28. The standard InChI is InChI=1S/C23H21BrCl2N6O4/c1-3-19(33)31-10-14(11-36-31)28-22(34)15-8-13(25)7-12(2)20(15)29-23(35)17-9-18(24)30-32(17)21-16(26)5-4-6-27-21/h4-9,14H,3,10-11H2,1-2H3,(H,28,34)(H,29,35). The summed E-state index contributed by atoms with van der Waals surface area (Å²) in [5.74, 6) is -0.918. The van der Waals surface area contributed by atoms with Crippen LogP contribution >= 0.6 is 39.1 Å². The van der Waals surface area contributed by atoms with Crippen LogP contribution in [0.2, 0.25) is 10.0 Å². The number of carbonyl (C=O) groups is 3. The van der Waals surface area contributed by atoms with Crippen molar-refractivity contribution in [1.82, 2.24) is 25.1 Å². The molecule has 2 aromatic heterocycles. The Labute approximate surface area is 225 Å². The second-order valence-electron chi connectivity index (χ2n) is 7.95. The summed E-state index contributed by atoms with van der Waals surface area (Å²) in [5.41, 5.74) is 1.15. The molecule has 0 radical (unpaired) electrons. The Morgan fingerprint density at radius 3 is 2.72 bits per heavy atom. The third kappa shape index (κ3) is 5.54. The summed E-state index contributed by atoms with van der Waals surface area (Å²) in [6.45, 7) is 3.82. The summed E-state index contributed by atoms with van der Waals surface area (Å²) < 4.78 is 1.70. The molecule has 3 heterocycles. The first-order valence-corrected chi connectivity index (χ1v) is 12.4. The Kier molecular flexibility index (Phi) is 7.94. The monoisotopic (exact) mass is 594 g/mol. The number of amides is 3. The lowest BCUT2D eigenvalue weighted by atomic mass is 10.1. The maximum Gasteiger partial charge on any atom is 0.274 e. The lowest BCUT2D eigenvalue weighted by Gasteiger charge is -2.17. The van der Waals surface area contributed by atoms with Crippen molar-refractivity contribution in [3.8, 4) is 5.82 Å². The highest BCUT2D eigenvalue weighted by atomic mass is 79.9. The number of nitrogens with zero attached hydrogens (tertiary/aromatic N) is 4. The minimum Gasteiger partial charge on any atom is -0.345 e. The van der Waals surface area contributed by atoms with E-state index in [4.69, 9.17) is 28.0 Å². The molecule has 1 unspecified atom stereocenters. The molecular formula is C23H21BrCl2N6O4. The Hall–Kier alpha value is -2.99. The molecule has 0 bridgehead atoms. The van der Waals surface area contributed by atoms with Gasteiger partial charge in [-0.3, -0.25) is 19.2 Å². The zero-order valence-corrected chi connectivity index (χ0v) is 22.3. The second kappa shape index (κ2) is 11.0. The van der Waals surface area contributed by atoms with Gasteiger partial charge in [-0.25, -0.2) is 14.7 Å². The average molecular weight is 596 g/mol. The average Bonchev–Trinajstić information content (AvgIpc) is 3.47. The molecule has 1 aliphatic heterocycles. The number of benzene rings is 1. The van der Waals surface area contributed by atoms with E-state index < -0.39 is 17.9 Å². The SMILES string of the molecule is CCC(=O)N1CC(NC(=O)c2cc(Cl)cc(C)c2NC(=O)c2cc(Br)nn2-c2ncccc2Cl)CO1. The van der Waals surface area contributed by atoms with Gasteiger partial charge in [-0.2, -0.15) is 5.10 Å². The van der Waals surface area contributed by atoms with E-state index in [0.717, 1.165) is 0 Å². The number of hydroxylamine groups is 2.